The predicted molar refractivity (Wildman–Crippen MR) is 101 cm³/mol. The van der Waals surface area contributed by atoms with E-state index in [1.165, 1.54) is 17.4 Å². The Morgan fingerprint density at radius 1 is 1.41 bits per heavy atom. The van der Waals surface area contributed by atoms with Crippen molar-refractivity contribution in [3.63, 3.8) is 0 Å². The van der Waals surface area contributed by atoms with Gasteiger partial charge in [0.25, 0.3) is 5.91 Å². The minimum absolute atomic E-state index is 0.129. The molecule has 0 saturated carbocycles. The number of aliphatic hydroxyl groups is 1. The first-order valence-electron chi connectivity index (χ1n) is 8.51. The van der Waals surface area contributed by atoms with Crippen LogP contribution in [0.5, 0.6) is 0 Å². The zero-order valence-electron chi connectivity index (χ0n) is 15.2. The van der Waals surface area contributed by atoms with Gasteiger partial charge < -0.3 is 21.1 Å². The quantitative estimate of drug-likeness (QED) is 0.485. The molecule has 3 rings (SSSR count). The van der Waals surface area contributed by atoms with Crippen LogP contribution in [-0.2, 0) is 12.8 Å². The number of nitrogens with zero attached hydrogens (tertiary/aromatic N) is 2. The highest BCUT2D eigenvalue weighted by atomic mass is 32.1. The van der Waals surface area contributed by atoms with Gasteiger partial charge in [0.15, 0.2) is 0 Å². The average molecular weight is 425 g/mol. The van der Waals surface area contributed by atoms with Crippen molar-refractivity contribution < 1.29 is 23.1 Å². The summed E-state index contributed by atoms with van der Waals surface area (Å²) in [4.78, 5) is 23.3. The number of aromatic nitrogens is 3. The summed E-state index contributed by atoms with van der Waals surface area (Å²) in [5, 5.41) is 14.0. The molecule has 11 heteroatoms. The van der Waals surface area contributed by atoms with Crippen LogP contribution in [0.3, 0.4) is 0 Å². The number of carbonyl (C=O) groups is 1. The molecule has 3 aromatic heterocycles. The largest absolute Gasteiger partial charge is 0.417 e. The molecule has 0 aliphatic heterocycles. The molecule has 29 heavy (non-hydrogen) atoms. The fourth-order valence-corrected chi connectivity index (χ4v) is 3.41. The first-order chi connectivity index (χ1) is 13.7. The second kappa shape index (κ2) is 8.31. The summed E-state index contributed by atoms with van der Waals surface area (Å²) in [7, 11) is 0. The summed E-state index contributed by atoms with van der Waals surface area (Å²) in [5.41, 5.74) is 7.28. The molecule has 3 aromatic rings. The lowest BCUT2D eigenvalue weighted by molar-refractivity contribution is -0.137. The highest BCUT2D eigenvalue weighted by Crippen LogP contribution is 2.30. The number of nitrogens with two attached hydrogens (primary N) is 1. The van der Waals surface area contributed by atoms with Crippen molar-refractivity contribution in [3.05, 3.63) is 57.3 Å². The third-order valence-corrected chi connectivity index (χ3v) is 5.17. The van der Waals surface area contributed by atoms with Gasteiger partial charge in [0.1, 0.15) is 10.7 Å². The summed E-state index contributed by atoms with van der Waals surface area (Å²) < 4.78 is 38.0. The summed E-state index contributed by atoms with van der Waals surface area (Å²) in [6, 6.07) is 3.29. The van der Waals surface area contributed by atoms with Gasteiger partial charge >= 0.3 is 6.18 Å². The fourth-order valence-electron chi connectivity index (χ4n) is 2.60. The number of nitrogens with one attached hydrogen (secondary N) is 2. The molecule has 1 amide bonds. The van der Waals surface area contributed by atoms with E-state index < -0.39 is 23.7 Å². The first kappa shape index (κ1) is 21.0. The van der Waals surface area contributed by atoms with E-state index in [-0.39, 0.29) is 24.5 Å². The molecule has 1 atom stereocenters. The Hall–Kier alpha value is -2.76. The van der Waals surface area contributed by atoms with Gasteiger partial charge in [-0.1, -0.05) is 0 Å². The molecule has 5 N–H and O–H groups in total. The van der Waals surface area contributed by atoms with E-state index in [0.717, 1.165) is 12.3 Å². The highest BCUT2D eigenvalue weighted by Gasteiger charge is 2.30. The standard InChI is InChI=1S/C18H18F3N5O2S/c1-9-4-14(13-3-2-10(5-23-13)18(19,20)21)26-15(9)16(28)24-6-12(22)17-25-11(7-27)8-29-17/h2-5,8,12,26-27H,6-7,22H2,1H3,(H,24,28)/t12-/m0/s1. The van der Waals surface area contributed by atoms with Gasteiger partial charge in [-0.15, -0.1) is 11.3 Å². The van der Waals surface area contributed by atoms with Gasteiger partial charge in [-0.2, -0.15) is 13.2 Å². The van der Waals surface area contributed by atoms with Gasteiger partial charge in [0.05, 0.1) is 35.3 Å². The lowest BCUT2D eigenvalue weighted by Crippen LogP contribution is -2.32. The second-order valence-corrected chi connectivity index (χ2v) is 7.21. The van der Waals surface area contributed by atoms with E-state index >= 15 is 0 Å². The van der Waals surface area contributed by atoms with Crippen LogP contribution in [0.2, 0.25) is 0 Å². The number of thiazole rings is 1. The molecule has 0 radical (unpaired) electrons. The third-order valence-electron chi connectivity index (χ3n) is 4.14. The van der Waals surface area contributed by atoms with E-state index in [1.54, 1.807) is 18.4 Å². The number of hydrogen-bond donors (Lipinski definition) is 4. The minimum Gasteiger partial charge on any atom is -0.390 e. The van der Waals surface area contributed by atoms with Crippen LogP contribution >= 0.6 is 11.3 Å². The molecule has 3 heterocycles. The van der Waals surface area contributed by atoms with Crippen LogP contribution in [0.15, 0.2) is 29.8 Å². The summed E-state index contributed by atoms with van der Waals surface area (Å²) in [5.74, 6) is -0.407. The van der Waals surface area contributed by atoms with Crippen LogP contribution < -0.4 is 11.1 Å². The number of H-pyrrole nitrogens is 1. The van der Waals surface area contributed by atoms with E-state index in [0.29, 0.717) is 22.0 Å². The van der Waals surface area contributed by atoms with Crippen molar-refractivity contribution in [2.75, 3.05) is 6.54 Å². The van der Waals surface area contributed by atoms with E-state index in [2.05, 4.69) is 20.3 Å². The number of alkyl halides is 3. The molecule has 0 bridgehead atoms. The zero-order chi connectivity index (χ0) is 21.2. The topological polar surface area (TPSA) is 117 Å². The molecule has 154 valence electrons. The van der Waals surface area contributed by atoms with Crippen LogP contribution in [0.4, 0.5) is 13.2 Å². The van der Waals surface area contributed by atoms with Gasteiger partial charge in [-0.3, -0.25) is 9.78 Å². The lowest BCUT2D eigenvalue weighted by atomic mass is 10.2. The third kappa shape index (κ3) is 4.81. The Balaban J connectivity index is 1.68. The number of pyridine rings is 1. The Morgan fingerprint density at radius 3 is 2.76 bits per heavy atom. The number of carbonyl (C=O) groups excluding carboxylic acids is 1. The van der Waals surface area contributed by atoms with E-state index in [1.807, 2.05) is 0 Å². The van der Waals surface area contributed by atoms with Crippen LogP contribution in [-0.4, -0.2) is 32.5 Å². The molecular weight excluding hydrogens is 407 g/mol. The highest BCUT2D eigenvalue weighted by molar-refractivity contribution is 7.09. The average Bonchev–Trinajstić information content (AvgIpc) is 3.32. The van der Waals surface area contributed by atoms with E-state index in [4.69, 9.17) is 10.8 Å². The number of amides is 1. The van der Waals surface area contributed by atoms with Gasteiger partial charge in [-0.05, 0) is 30.7 Å². The Kier molecular flexibility index (Phi) is 6.01. The zero-order valence-corrected chi connectivity index (χ0v) is 16.1. The van der Waals surface area contributed by atoms with Crippen molar-refractivity contribution in [1.82, 2.24) is 20.3 Å². The molecule has 0 aromatic carbocycles. The van der Waals surface area contributed by atoms with Gasteiger partial charge in [0, 0.05) is 18.1 Å². The van der Waals surface area contributed by atoms with Crippen molar-refractivity contribution in [2.24, 2.45) is 5.73 Å². The summed E-state index contributed by atoms with van der Waals surface area (Å²) in [6.07, 6.45) is -3.71. The predicted octanol–water partition coefficient (Wildman–Crippen LogP) is 2.78. The van der Waals surface area contributed by atoms with Crippen molar-refractivity contribution in [2.45, 2.75) is 25.7 Å². The SMILES string of the molecule is Cc1cc(-c2ccc(C(F)(F)F)cn2)[nH]c1C(=O)NC[C@H](N)c1nc(CO)cs1. The maximum absolute atomic E-state index is 12.7. The van der Waals surface area contributed by atoms with Gasteiger partial charge in [-0.25, -0.2) is 4.98 Å². The number of halogens is 3. The normalized spacial score (nSPS) is 12.8. The molecule has 0 fully saturated rings. The minimum atomic E-state index is -4.46. The van der Waals surface area contributed by atoms with Crippen molar-refractivity contribution >= 4 is 17.2 Å². The van der Waals surface area contributed by atoms with Crippen LogP contribution in [0.25, 0.3) is 11.4 Å². The van der Waals surface area contributed by atoms with Crippen molar-refractivity contribution in [3.8, 4) is 11.4 Å². The second-order valence-electron chi connectivity index (χ2n) is 6.32. The van der Waals surface area contributed by atoms with E-state index in [9.17, 15) is 18.0 Å². The number of rotatable bonds is 6. The maximum atomic E-state index is 12.7. The fraction of sp³-hybridized carbons (Fsp3) is 0.278. The monoisotopic (exact) mass is 425 g/mol. The van der Waals surface area contributed by atoms with Gasteiger partial charge in [0.2, 0.25) is 0 Å². The molecule has 0 unspecified atom stereocenters. The number of aromatic amines is 1. The summed E-state index contributed by atoms with van der Waals surface area (Å²) in [6.45, 7) is 1.65. The van der Waals surface area contributed by atoms with Crippen molar-refractivity contribution in [1.29, 1.82) is 0 Å². The molecule has 0 aliphatic carbocycles. The number of aliphatic hydroxyl groups excluding tert-OH is 1. The molecule has 0 aliphatic rings. The Labute approximate surface area is 167 Å². The summed E-state index contributed by atoms with van der Waals surface area (Å²) >= 11 is 1.29. The maximum Gasteiger partial charge on any atom is 0.417 e. The molecule has 0 spiro atoms. The number of aryl methyl sites for hydroxylation is 1. The first-order valence-corrected chi connectivity index (χ1v) is 9.39. The number of hydrogen-bond acceptors (Lipinski definition) is 6. The lowest BCUT2D eigenvalue weighted by Gasteiger charge is -2.10. The molecule has 7 nitrogen and oxygen atoms in total. The Bertz CT molecular complexity index is 998. The Morgan fingerprint density at radius 2 is 2.17 bits per heavy atom. The van der Waals surface area contributed by atoms with Crippen LogP contribution in [0.1, 0.15) is 38.4 Å². The molecule has 0 saturated heterocycles. The molecular formula is C18H18F3N5O2S. The smallest absolute Gasteiger partial charge is 0.390 e. The van der Waals surface area contributed by atoms with Crippen LogP contribution in [0, 0.1) is 6.92 Å².